The van der Waals surface area contributed by atoms with Crippen molar-refractivity contribution < 1.29 is 13.2 Å². The van der Waals surface area contributed by atoms with Crippen LogP contribution in [0.5, 0.6) is 0 Å². The van der Waals surface area contributed by atoms with Gasteiger partial charge in [0.2, 0.25) is 10.0 Å². The van der Waals surface area contributed by atoms with Crippen LogP contribution in [0.25, 0.3) is 0 Å². The zero-order valence-electron chi connectivity index (χ0n) is 11.6. The fourth-order valence-corrected chi connectivity index (χ4v) is 3.07. The largest absolute Gasteiger partial charge is 0.375 e. The SMILES string of the molecule is O=S(=O)(NCCOCc1ccccc1Cl)c1ccc(Cl)cc1. The topological polar surface area (TPSA) is 55.4 Å². The first kappa shape index (κ1) is 17.2. The lowest BCUT2D eigenvalue weighted by Crippen LogP contribution is -2.27. The van der Waals surface area contributed by atoms with Crippen molar-refractivity contribution in [1.29, 1.82) is 0 Å². The van der Waals surface area contributed by atoms with E-state index in [-0.39, 0.29) is 18.0 Å². The molecule has 2 rings (SSSR count). The summed E-state index contributed by atoms with van der Waals surface area (Å²) >= 11 is 11.7. The van der Waals surface area contributed by atoms with Crippen molar-refractivity contribution in [3.05, 3.63) is 64.1 Å². The van der Waals surface area contributed by atoms with E-state index >= 15 is 0 Å². The minimum Gasteiger partial charge on any atom is -0.375 e. The number of nitrogens with one attached hydrogen (secondary N) is 1. The Morgan fingerprint density at radius 3 is 2.36 bits per heavy atom. The lowest BCUT2D eigenvalue weighted by atomic mass is 10.2. The van der Waals surface area contributed by atoms with Gasteiger partial charge in [0.15, 0.2) is 0 Å². The molecule has 0 bridgehead atoms. The first-order chi connectivity index (χ1) is 10.5. The standard InChI is InChI=1S/C15H15Cl2NO3S/c16-13-5-7-14(8-6-13)22(19,20)18-9-10-21-11-12-3-1-2-4-15(12)17/h1-8,18H,9-11H2. The van der Waals surface area contributed by atoms with E-state index in [1.54, 1.807) is 6.07 Å². The number of hydrogen-bond donors (Lipinski definition) is 1. The predicted molar refractivity (Wildman–Crippen MR) is 87.7 cm³/mol. The van der Waals surface area contributed by atoms with Crippen molar-refractivity contribution in [3.63, 3.8) is 0 Å². The van der Waals surface area contributed by atoms with Crippen molar-refractivity contribution in [2.45, 2.75) is 11.5 Å². The monoisotopic (exact) mass is 359 g/mol. The Kier molecular flexibility index (Phi) is 6.23. The van der Waals surface area contributed by atoms with Crippen molar-refractivity contribution in [2.24, 2.45) is 0 Å². The van der Waals surface area contributed by atoms with Gasteiger partial charge >= 0.3 is 0 Å². The summed E-state index contributed by atoms with van der Waals surface area (Å²) < 4.78 is 31.9. The molecule has 2 aromatic carbocycles. The molecule has 2 aromatic rings. The Balaban J connectivity index is 1.79. The fourth-order valence-electron chi connectivity index (χ4n) is 1.74. The van der Waals surface area contributed by atoms with Crippen LogP contribution in [0.3, 0.4) is 0 Å². The zero-order valence-corrected chi connectivity index (χ0v) is 14.0. The normalized spacial score (nSPS) is 11.5. The summed E-state index contributed by atoms with van der Waals surface area (Å²) in [7, 11) is -3.55. The first-order valence-electron chi connectivity index (χ1n) is 6.55. The van der Waals surface area contributed by atoms with Crippen LogP contribution in [-0.4, -0.2) is 21.6 Å². The van der Waals surface area contributed by atoms with Crippen LogP contribution < -0.4 is 4.72 Å². The van der Waals surface area contributed by atoms with E-state index in [1.165, 1.54) is 24.3 Å². The van der Waals surface area contributed by atoms with Crippen LogP contribution in [0, 0.1) is 0 Å². The maximum absolute atomic E-state index is 12.0. The highest BCUT2D eigenvalue weighted by atomic mass is 35.5. The van der Waals surface area contributed by atoms with Gasteiger partial charge in [-0.15, -0.1) is 0 Å². The Morgan fingerprint density at radius 2 is 1.68 bits per heavy atom. The van der Waals surface area contributed by atoms with Crippen molar-refractivity contribution in [3.8, 4) is 0 Å². The molecule has 0 spiro atoms. The third-order valence-electron chi connectivity index (χ3n) is 2.88. The van der Waals surface area contributed by atoms with E-state index < -0.39 is 10.0 Å². The van der Waals surface area contributed by atoms with Gasteiger partial charge in [0, 0.05) is 16.6 Å². The molecule has 0 radical (unpaired) electrons. The molecule has 0 aliphatic carbocycles. The van der Waals surface area contributed by atoms with Crippen molar-refractivity contribution >= 4 is 33.2 Å². The molecule has 1 N–H and O–H groups in total. The molecule has 0 aliphatic rings. The predicted octanol–water partition coefficient (Wildman–Crippen LogP) is 3.49. The molecule has 7 heteroatoms. The van der Waals surface area contributed by atoms with E-state index in [0.717, 1.165) is 5.56 Å². The van der Waals surface area contributed by atoms with E-state index in [4.69, 9.17) is 27.9 Å². The van der Waals surface area contributed by atoms with Crippen molar-refractivity contribution in [2.75, 3.05) is 13.2 Å². The van der Waals surface area contributed by atoms with E-state index in [1.807, 2.05) is 18.2 Å². The average Bonchev–Trinajstić information content (AvgIpc) is 2.49. The number of ether oxygens (including phenoxy) is 1. The average molecular weight is 360 g/mol. The number of rotatable bonds is 7. The lowest BCUT2D eigenvalue weighted by molar-refractivity contribution is 0.126. The fraction of sp³-hybridized carbons (Fsp3) is 0.200. The number of halogens is 2. The molecule has 0 aliphatic heterocycles. The van der Waals surface area contributed by atoms with Crippen LogP contribution >= 0.6 is 23.2 Å². The second kappa shape index (κ2) is 7.94. The maximum atomic E-state index is 12.0. The number of hydrogen-bond acceptors (Lipinski definition) is 3. The van der Waals surface area contributed by atoms with Gasteiger partial charge in [-0.1, -0.05) is 41.4 Å². The first-order valence-corrected chi connectivity index (χ1v) is 8.79. The summed E-state index contributed by atoms with van der Waals surface area (Å²) in [4.78, 5) is 0.169. The van der Waals surface area contributed by atoms with Crippen LogP contribution in [0.4, 0.5) is 0 Å². The van der Waals surface area contributed by atoms with Crippen LogP contribution in [0.15, 0.2) is 53.4 Å². The molecule has 22 heavy (non-hydrogen) atoms. The minimum absolute atomic E-state index is 0.169. The van der Waals surface area contributed by atoms with E-state index in [9.17, 15) is 8.42 Å². The molecular weight excluding hydrogens is 345 g/mol. The quantitative estimate of drug-likeness (QED) is 0.769. The van der Waals surface area contributed by atoms with E-state index in [2.05, 4.69) is 4.72 Å². The molecule has 0 saturated carbocycles. The molecule has 118 valence electrons. The summed E-state index contributed by atoms with van der Waals surface area (Å²) in [5.41, 5.74) is 0.865. The third-order valence-corrected chi connectivity index (χ3v) is 4.98. The van der Waals surface area contributed by atoms with Crippen LogP contribution in [-0.2, 0) is 21.4 Å². The Labute approximate surface area is 140 Å². The summed E-state index contributed by atoms with van der Waals surface area (Å²) in [6.07, 6.45) is 0. The lowest BCUT2D eigenvalue weighted by Gasteiger charge is -2.08. The van der Waals surface area contributed by atoms with Gasteiger partial charge in [-0.3, -0.25) is 0 Å². The van der Waals surface area contributed by atoms with Gasteiger partial charge in [0.1, 0.15) is 0 Å². The van der Waals surface area contributed by atoms with Crippen LogP contribution in [0.2, 0.25) is 10.0 Å². The minimum atomic E-state index is -3.55. The molecule has 0 fully saturated rings. The molecule has 4 nitrogen and oxygen atoms in total. The third kappa shape index (κ3) is 4.97. The second-order valence-electron chi connectivity index (χ2n) is 4.50. The summed E-state index contributed by atoms with van der Waals surface area (Å²) in [5.74, 6) is 0. The highest BCUT2D eigenvalue weighted by molar-refractivity contribution is 7.89. The van der Waals surface area contributed by atoms with Gasteiger partial charge in [-0.05, 0) is 35.9 Å². The molecule has 0 saturated heterocycles. The summed E-state index contributed by atoms with van der Waals surface area (Å²) in [6.45, 7) is 0.760. The molecular formula is C15H15Cl2NO3S. The maximum Gasteiger partial charge on any atom is 0.240 e. The number of sulfonamides is 1. The smallest absolute Gasteiger partial charge is 0.240 e. The molecule has 0 aromatic heterocycles. The van der Waals surface area contributed by atoms with Crippen LogP contribution in [0.1, 0.15) is 5.56 Å². The van der Waals surface area contributed by atoms with Gasteiger partial charge in [-0.2, -0.15) is 0 Å². The molecule has 0 heterocycles. The van der Waals surface area contributed by atoms with Gasteiger partial charge in [0.05, 0.1) is 18.1 Å². The second-order valence-corrected chi connectivity index (χ2v) is 7.11. The number of benzene rings is 2. The Hall–Kier alpha value is -1.11. The van der Waals surface area contributed by atoms with Gasteiger partial charge in [-0.25, -0.2) is 13.1 Å². The molecule has 0 amide bonds. The molecule has 0 atom stereocenters. The highest BCUT2D eigenvalue weighted by Gasteiger charge is 2.12. The highest BCUT2D eigenvalue weighted by Crippen LogP contribution is 2.16. The summed E-state index contributed by atoms with van der Waals surface area (Å²) in [6, 6.07) is 13.3. The van der Waals surface area contributed by atoms with Crippen molar-refractivity contribution in [1.82, 2.24) is 4.72 Å². The Morgan fingerprint density at radius 1 is 1.00 bits per heavy atom. The summed E-state index contributed by atoms with van der Waals surface area (Å²) in [5, 5.41) is 1.12. The van der Waals surface area contributed by atoms with E-state index in [0.29, 0.717) is 16.7 Å². The van der Waals surface area contributed by atoms with Gasteiger partial charge in [0.25, 0.3) is 0 Å². The molecule has 0 unspecified atom stereocenters. The zero-order chi connectivity index (χ0) is 16.0. The Bertz CT molecular complexity index is 718. The van der Waals surface area contributed by atoms with Gasteiger partial charge < -0.3 is 4.74 Å².